The molecule has 0 fully saturated rings. The van der Waals surface area contributed by atoms with Crippen molar-refractivity contribution < 1.29 is 14.3 Å². The minimum atomic E-state index is -0.333. The maximum absolute atomic E-state index is 11.9. The molecule has 1 atom stereocenters. The minimum absolute atomic E-state index is 0.122. The van der Waals surface area contributed by atoms with Gasteiger partial charge in [0, 0.05) is 5.56 Å². The molecule has 0 radical (unpaired) electrons. The highest BCUT2D eigenvalue weighted by atomic mass is 16.5. The molecule has 0 spiro atoms. The van der Waals surface area contributed by atoms with Gasteiger partial charge in [0.05, 0.1) is 24.3 Å². The van der Waals surface area contributed by atoms with Crippen LogP contribution < -0.4 is 4.74 Å². The molecule has 0 bridgehead atoms. The minimum Gasteiger partial charge on any atom is -0.488 e. The second-order valence-corrected chi connectivity index (χ2v) is 11.6. The van der Waals surface area contributed by atoms with Crippen LogP contribution in [0.25, 0.3) is 6.08 Å². The van der Waals surface area contributed by atoms with Gasteiger partial charge in [0.25, 0.3) is 0 Å². The molecule has 1 unspecified atom stereocenters. The molecule has 0 heterocycles. The van der Waals surface area contributed by atoms with Crippen molar-refractivity contribution in [3.8, 4) is 11.8 Å². The SMILES string of the molecule is COC(=O)c1ccc(CC(/C=C/c2ccccc2OCc2ccc(C(C)(C)C)cc2)CCc2ccc(C#N)cc2)cc1. The van der Waals surface area contributed by atoms with Gasteiger partial charge in [-0.05, 0) is 83.2 Å². The van der Waals surface area contributed by atoms with E-state index in [4.69, 9.17) is 14.7 Å². The third kappa shape index (κ3) is 8.69. The van der Waals surface area contributed by atoms with E-state index in [2.05, 4.69) is 69.3 Å². The summed E-state index contributed by atoms with van der Waals surface area (Å²) in [6.45, 7) is 7.16. The summed E-state index contributed by atoms with van der Waals surface area (Å²) >= 11 is 0. The van der Waals surface area contributed by atoms with E-state index in [9.17, 15) is 4.79 Å². The van der Waals surface area contributed by atoms with Crippen molar-refractivity contribution in [1.82, 2.24) is 0 Å². The molecular weight excluding hydrogens is 518 g/mol. The average Bonchev–Trinajstić information content (AvgIpc) is 3.01. The standard InChI is InChI=1S/C38H39NO3/c1-38(2,3)35-23-18-32(19-24-35)27-42-36-8-6-5-7-33(36)20-15-29(12-9-28-10-13-31(26-39)14-11-28)25-30-16-21-34(22-17-30)37(40)41-4/h5-8,10-11,13-24,29H,9,12,25,27H2,1-4H3/b20-15+. The van der Waals surface area contributed by atoms with Gasteiger partial charge in [0.15, 0.2) is 0 Å². The lowest BCUT2D eigenvalue weighted by atomic mass is 9.87. The number of allylic oxidation sites excluding steroid dienone is 1. The zero-order valence-corrected chi connectivity index (χ0v) is 25.0. The molecule has 4 heteroatoms. The number of benzene rings is 4. The van der Waals surface area contributed by atoms with E-state index in [-0.39, 0.29) is 17.3 Å². The molecule has 42 heavy (non-hydrogen) atoms. The third-order valence-electron chi connectivity index (χ3n) is 7.44. The monoisotopic (exact) mass is 557 g/mol. The Kier molecular flexibility index (Phi) is 10.3. The molecular formula is C38H39NO3. The van der Waals surface area contributed by atoms with Crippen molar-refractivity contribution in [1.29, 1.82) is 5.26 Å². The summed E-state index contributed by atoms with van der Waals surface area (Å²) in [7, 11) is 1.39. The van der Waals surface area contributed by atoms with E-state index >= 15 is 0 Å². The van der Waals surface area contributed by atoms with Crippen molar-refractivity contribution in [2.75, 3.05) is 7.11 Å². The van der Waals surface area contributed by atoms with E-state index in [1.54, 1.807) is 0 Å². The molecule has 0 saturated carbocycles. The molecule has 0 saturated heterocycles. The van der Waals surface area contributed by atoms with Crippen molar-refractivity contribution >= 4 is 12.0 Å². The summed E-state index contributed by atoms with van der Waals surface area (Å²) in [5.41, 5.74) is 7.17. The van der Waals surface area contributed by atoms with Crippen LogP contribution in [0.1, 0.15) is 70.9 Å². The van der Waals surface area contributed by atoms with E-state index in [0.717, 1.165) is 41.7 Å². The Labute approximate surface area is 250 Å². The van der Waals surface area contributed by atoms with Gasteiger partial charge in [0.2, 0.25) is 0 Å². The van der Waals surface area contributed by atoms with Crippen molar-refractivity contribution in [2.45, 2.75) is 52.1 Å². The number of rotatable bonds is 11. The molecule has 0 N–H and O–H groups in total. The van der Waals surface area contributed by atoms with Gasteiger partial charge in [-0.25, -0.2) is 4.79 Å². The third-order valence-corrected chi connectivity index (χ3v) is 7.44. The average molecular weight is 558 g/mol. The first kappa shape index (κ1) is 30.3. The zero-order chi connectivity index (χ0) is 30.0. The largest absolute Gasteiger partial charge is 0.488 e. The normalized spacial score (nSPS) is 12.1. The fraction of sp³-hybridized carbons (Fsp3) is 0.263. The Bertz CT molecular complexity index is 1520. The van der Waals surface area contributed by atoms with Crippen LogP contribution >= 0.6 is 0 Å². The molecule has 0 aliphatic rings. The predicted octanol–water partition coefficient (Wildman–Crippen LogP) is 8.73. The molecule has 4 aromatic carbocycles. The summed E-state index contributed by atoms with van der Waals surface area (Å²) in [5.74, 6) is 0.769. The first-order valence-electron chi connectivity index (χ1n) is 14.4. The molecule has 0 aliphatic carbocycles. The molecule has 0 amide bonds. The van der Waals surface area contributed by atoms with Crippen LogP contribution in [0, 0.1) is 17.2 Å². The highest BCUT2D eigenvalue weighted by Gasteiger charge is 2.13. The second kappa shape index (κ2) is 14.3. The number of aryl methyl sites for hydroxylation is 1. The Morgan fingerprint density at radius 1 is 0.857 bits per heavy atom. The van der Waals surface area contributed by atoms with Gasteiger partial charge in [-0.1, -0.05) is 99.7 Å². The summed E-state index contributed by atoms with van der Waals surface area (Å²) in [5, 5.41) is 9.13. The van der Waals surface area contributed by atoms with Crippen LogP contribution in [0.2, 0.25) is 0 Å². The second-order valence-electron chi connectivity index (χ2n) is 11.6. The number of para-hydroxylation sites is 1. The number of nitriles is 1. The van der Waals surface area contributed by atoms with Gasteiger partial charge < -0.3 is 9.47 Å². The van der Waals surface area contributed by atoms with Gasteiger partial charge in [-0.15, -0.1) is 0 Å². The number of nitrogens with zero attached hydrogens (tertiary/aromatic N) is 1. The van der Waals surface area contributed by atoms with Gasteiger partial charge in [0.1, 0.15) is 12.4 Å². The summed E-state index contributed by atoms with van der Waals surface area (Å²) < 4.78 is 11.1. The molecule has 4 aromatic rings. The quantitative estimate of drug-likeness (QED) is 0.173. The van der Waals surface area contributed by atoms with Crippen LogP contribution in [-0.2, 0) is 29.6 Å². The van der Waals surface area contributed by atoms with Crippen molar-refractivity contribution in [3.63, 3.8) is 0 Å². The van der Waals surface area contributed by atoms with E-state index < -0.39 is 0 Å². The lowest BCUT2D eigenvalue weighted by Crippen LogP contribution is -2.10. The molecule has 0 aromatic heterocycles. The summed E-state index contributed by atoms with van der Waals surface area (Å²) in [6, 6.07) is 34.4. The summed E-state index contributed by atoms with van der Waals surface area (Å²) in [6.07, 6.45) is 7.08. The number of hydrogen-bond acceptors (Lipinski definition) is 4. The topological polar surface area (TPSA) is 59.3 Å². The Hall–Kier alpha value is -4.62. The molecule has 4 rings (SSSR count). The van der Waals surface area contributed by atoms with Crippen LogP contribution in [0.15, 0.2) is 103 Å². The van der Waals surface area contributed by atoms with Crippen LogP contribution in [0.3, 0.4) is 0 Å². The van der Waals surface area contributed by atoms with Gasteiger partial charge in [-0.3, -0.25) is 0 Å². The molecule has 214 valence electrons. The highest BCUT2D eigenvalue weighted by molar-refractivity contribution is 5.89. The van der Waals surface area contributed by atoms with Crippen molar-refractivity contribution in [3.05, 3.63) is 142 Å². The van der Waals surface area contributed by atoms with Gasteiger partial charge in [-0.2, -0.15) is 5.26 Å². The fourth-order valence-corrected chi connectivity index (χ4v) is 4.81. The predicted molar refractivity (Wildman–Crippen MR) is 169 cm³/mol. The first-order chi connectivity index (χ1) is 20.2. The Morgan fingerprint density at radius 2 is 1.50 bits per heavy atom. The lowest BCUT2D eigenvalue weighted by Gasteiger charge is -2.19. The Morgan fingerprint density at radius 3 is 2.14 bits per heavy atom. The molecule has 0 aliphatic heterocycles. The van der Waals surface area contributed by atoms with E-state index in [1.165, 1.54) is 18.2 Å². The zero-order valence-electron chi connectivity index (χ0n) is 25.0. The van der Waals surface area contributed by atoms with Crippen LogP contribution in [0.5, 0.6) is 5.75 Å². The number of hydrogen-bond donors (Lipinski definition) is 0. The van der Waals surface area contributed by atoms with Crippen LogP contribution in [0.4, 0.5) is 0 Å². The number of ether oxygens (including phenoxy) is 2. The number of carbonyl (C=O) groups excluding carboxylic acids is 1. The van der Waals surface area contributed by atoms with Crippen LogP contribution in [-0.4, -0.2) is 13.1 Å². The van der Waals surface area contributed by atoms with E-state index in [1.807, 2.05) is 66.7 Å². The maximum atomic E-state index is 11.9. The van der Waals surface area contributed by atoms with E-state index in [0.29, 0.717) is 17.7 Å². The summed E-state index contributed by atoms with van der Waals surface area (Å²) in [4.78, 5) is 11.9. The smallest absolute Gasteiger partial charge is 0.337 e. The number of esters is 1. The molecule has 4 nitrogen and oxygen atoms in total. The Balaban J connectivity index is 1.49. The first-order valence-corrected chi connectivity index (χ1v) is 14.4. The maximum Gasteiger partial charge on any atom is 0.337 e. The number of methoxy groups -OCH3 is 1. The van der Waals surface area contributed by atoms with Gasteiger partial charge >= 0.3 is 5.97 Å². The lowest BCUT2D eigenvalue weighted by molar-refractivity contribution is 0.0600. The van der Waals surface area contributed by atoms with Crippen molar-refractivity contribution in [2.24, 2.45) is 5.92 Å². The number of carbonyl (C=O) groups is 1. The highest BCUT2D eigenvalue weighted by Crippen LogP contribution is 2.26. The fourth-order valence-electron chi connectivity index (χ4n) is 4.81.